The van der Waals surface area contributed by atoms with Crippen molar-refractivity contribution >= 4 is 34.4 Å². The van der Waals surface area contributed by atoms with E-state index < -0.39 is 12.1 Å². The first kappa shape index (κ1) is 23.0. The Morgan fingerprint density at radius 3 is 2.54 bits per heavy atom. The van der Waals surface area contributed by atoms with Crippen LogP contribution in [0.15, 0.2) is 60.0 Å². The molecule has 2 aliphatic rings. The van der Waals surface area contributed by atoms with Crippen molar-refractivity contribution in [3.8, 4) is 11.3 Å². The van der Waals surface area contributed by atoms with Gasteiger partial charge in [-0.1, -0.05) is 42.5 Å². The Labute approximate surface area is 207 Å². The third kappa shape index (κ3) is 5.68. The summed E-state index contributed by atoms with van der Waals surface area (Å²) in [6, 6.07) is 16.4. The highest BCUT2D eigenvalue weighted by Gasteiger charge is 2.35. The van der Waals surface area contributed by atoms with Crippen LogP contribution in [0, 0.1) is 0 Å². The summed E-state index contributed by atoms with van der Waals surface area (Å²) in [5, 5.41) is 8.14. The summed E-state index contributed by atoms with van der Waals surface area (Å²) < 4.78 is 5.42. The number of aromatic nitrogens is 1. The Morgan fingerprint density at radius 1 is 1.03 bits per heavy atom. The Kier molecular flexibility index (Phi) is 6.76. The first-order chi connectivity index (χ1) is 17.1. The van der Waals surface area contributed by atoms with Crippen molar-refractivity contribution < 1.29 is 19.1 Å². The smallest absolute Gasteiger partial charge is 0.410 e. The minimum Gasteiger partial charge on any atom is -0.445 e. The van der Waals surface area contributed by atoms with E-state index in [-0.39, 0.29) is 18.4 Å². The number of amides is 3. The van der Waals surface area contributed by atoms with Gasteiger partial charge in [0.2, 0.25) is 5.91 Å². The molecule has 1 aliphatic heterocycles. The zero-order chi connectivity index (χ0) is 24.2. The number of carbonyl (C=O) groups is 3. The second-order valence-electron chi connectivity index (χ2n) is 8.74. The van der Waals surface area contributed by atoms with Crippen molar-refractivity contribution in [2.45, 2.75) is 44.4 Å². The number of likely N-dealkylation sites (tertiary alicyclic amines) is 1. The third-order valence-electron chi connectivity index (χ3n) is 6.08. The summed E-state index contributed by atoms with van der Waals surface area (Å²) in [7, 11) is 0. The molecule has 5 rings (SSSR count). The third-order valence-corrected chi connectivity index (χ3v) is 6.84. The van der Waals surface area contributed by atoms with Gasteiger partial charge in [-0.3, -0.25) is 14.5 Å². The Bertz CT molecular complexity index is 1210. The van der Waals surface area contributed by atoms with Crippen LogP contribution in [0.1, 0.15) is 41.6 Å². The van der Waals surface area contributed by atoms with E-state index in [2.05, 4.69) is 15.6 Å². The van der Waals surface area contributed by atoms with Crippen LogP contribution < -0.4 is 10.6 Å². The average molecular weight is 491 g/mol. The molecule has 3 aromatic rings. The van der Waals surface area contributed by atoms with Gasteiger partial charge in [0.05, 0.1) is 5.69 Å². The van der Waals surface area contributed by atoms with Gasteiger partial charge in [-0.05, 0) is 43.4 Å². The molecule has 1 unspecified atom stereocenters. The molecule has 3 amide bonds. The van der Waals surface area contributed by atoms with Crippen LogP contribution in [0.25, 0.3) is 11.3 Å². The van der Waals surface area contributed by atoms with Gasteiger partial charge < -0.3 is 15.4 Å². The molecule has 9 heteroatoms. The van der Waals surface area contributed by atoms with Gasteiger partial charge in [0.1, 0.15) is 12.6 Å². The molecule has 1 saturated heterocycles. The van der Waals surface area contributed by atoms with E-state index in [9.17, 15) is 14.4 Å². The van der Waals surface area contributed by atoms with Gasteiger partial charge in [0.25, 0.3) is 5.91 Å². The van der Waals surface area contributed by atoms with Gasteiger partial charge >= 0.3 is 6.09 Å². The molecule has 0 spiro atoms. The first-order valence-corrected chi connectivity index (χ1v) is 12.6. The van der Waals surface area contributed by atoms with Crippen LogP contribution >= 0.6 is 11.3 Å². The molecule has 2 fully saturated rings. The van der Waals surface area contributed by atoms with E-state index in [0.717, 1.165) is 30.4 Å². The molecule has 1 aliphatic carbocycles. The first-order valence-electron chi connectivity index (χ1n) is 11.7. The highest BCUT2D eigenvalue weighted by atomic mass is 32.1. The molecular weight excluding hydrogens is 464 g/mol. The van der Waals surface area contributed by atoms with Gasteiger partial charge in [-0.25, -0.2) is 9.78 Å². The number of hydrogen-bond donors (Lipinski definition) is 2. The number of nitrogens with one attached hydrogen (secondary N) is 2. The fraction of sp³-hybridized carbons (Fsp3) is 0.308. The number of ether oxygens (including phenoxy) is 1. The molecular formula is C26H26N4O4S. The number of rotatable bonds is 7. The lowest BCUT2D eigenvalue weighted by Crippen LogP contribution is -2.43. The molecule has 2 aromatic carbocycles. The fourth-order valence-electron chi connectivity index (χ4n) is 4.00. The normalized spacial score (nSPS) is 17.1. The Hall–Kier alpha value is -3.72. The summed E-state index contributed by atoms with van der Waals surface area (Å²) in [6.45, 7) is 0.650. The minimum atomic E-state index is -0.588. The van der Waals surface area contributed by atoms with Crippen LogP contribution in [0.5, 0.6) is 0 Å². The van der Waals surface area contributed by atoms with Crippen LogP contribution in [-0.4, -0.2) is 46.4 Å². The molecule has 0 radical (unpaired) electrons. The second kappa shape index (κ2) is 10.3. The van der Waals surface area contributed by atoms with Crippen molar-refractivity contribution in [1.29, 1.82) is 0 Å². The maximum Gasteiger partial charge on any atom is 0.410 e. The van der Waals surface area contributed by atoms with Crippen molar-refractivity contribution in [3.63, 3.8) is 0 Å². The van der Waals surface area contributed by atoms with Crippen molar-refractivity contribution in [1.82, 2.24) is 15.2 Å². The monoisotopic (exact) mass is 490 g/mol. The standard InChI is InChI=1S/C26H26N4O4S/c31-23(27-20-12-13-20)19-10-8-18(9-11-19)21-16-35-25(28-21)29-24(32)22-7-4-14-30(22)26(33)34-15-17-5-2-1-3-6-17/h1-3,5-6,8-11,16,20,22H,4,7,12-15H2,(H,27,31)(H,28,29,32). The predicted octanol–water partition coefficient (Wildman–Crippen LogP) is 4.44. The lowest BCUT2D eigenvalue weighted by atomic mass is 10.1. The van der Waals surface area contributed by atoms with Gasteiger partial charge in [0, 0.05) is 29.1 Å². The molecule has 2 heterocycles. The summed E-state index contributed by atoms with van der Waals surface area (Å²) in [6.07, 6.45) is 2.92. The summed E-state index contributed by atoms with van der Waals surface area (Å²) in [5.41, 5.74) is 3.08. The van der Waals surface area contributed by atoms with E-state index in [4.69, 9.17) is 4.74 Å². The average Bonchev–Trinajstić information content (AvgIpc) is 3.35. The van der Waals surface area contributed by atoms with Gasteiger partial charge in [0.15, 0.2) is 5.13 Å². The number of nitrogens with zero attached hydrogens (tertiary/aromatic N) is 2. The number of thiazole rings is 1. The number of benzene rings is 2. The van der Waals surface area contributed by atoms with E-state index in [1.807, 2.05) is 47.8 Å². The summed E-state index contributed by atoms with van der Waals surface area (Å²) in [5.74, 6) is -0.333. The van der Waals surface area contributed by atoms with Crippen molar-refractivity contribution in [3.05, 3.63) is 71.1 Å². The van der Waals surface area contributed by atoms with Gasteiger partial charge in [-0.15, -0.1) is 11.3 Å². The summed E-state index contributed by atoms with van der Waals surface area (Å²) >= 11 is 1.32. The second-order valence-corrected chi connectivity index (χ2v) is 9.60. The molecule has 0 bridgehead atoms. The molecule has 1 atom stereocenters. The molecule has 2 N–H and O–H groups in total. The largest absolute Gasteiger partial charge is 0.445 e. The van der Waals surface area contributed by atoms with E-state index in [0.29, 0.717) is 35.4 Å². The summed E-state index contributed by atoms with van der Waals surface area (Å²) in [4.78, 5) is 43.7. The van der Waals surface area contributed by atoms with Crippen molar-refractivity contribution in [2.24, 2.45) is 0 Å². The predicted molar refractivity (Wildman–Crippen MR) is 133 cm³/mol. The SMILES string of the molecule is O=C(NC1CC1)c1ccc(-c2csc(NC(=O)C3CCCN3C(=O)OCc3ccccc3)n2)cc1. The fourth-order valence-corrected chi connectivity index (χ4v) is 4.72. The van der Waals surface area contributed by atoms with Crippen LogP contribution in [0.3, 0.4) is 0 Å². The molecule has 1 aromatic heterocycles. The van der Waals surface area contributed by atoms with Gasteiger partial charge in [-0.2, -0.15) is 0 Å². The molecule has 8 nitrogen and oxygen atoms in total. The Balaban J connectivity index is 1.17. The topological polar surface area (TPSA) is 101 Å². The zero-order valence-corrected chi connectivity index (χ0v) is 19.9. The molecule has 180 valence electrons. The molecule has 1 saturated carbocycles. The lowest BCUT2D eigenvalue weighted by Gasteiger charge is -2.22. The van der Waals surface area contributed by atoms with E-state index in [1.165, 1.54) is 16.2 Å². The minimum absolute atomic E-state index is 0.0614. The highest BCUT2D eigenvalue weighted by Crippen LogP contribution is 2.27. The van der Waals surface area contributed by atoms with Crippen LogP contribution in [-0.2, 0) is 16.1 Å². The number of carbonyl (C=O) groups excluding carboxylic acids is 3. The zero-order valence-electron chi connectivity index (χ0n) is 19.1. The van der Waals surface area contributed by atoms with E-state index >= 15 is 0 Å². The van der Waals surface area contributed by atoms with Crippen molar-refractivity contribution in [2.75, 3.05) is 11.9 Å². The maximum atomic E-state index is 12.9. The number of anilines is 1. The van der Waals surface area contributed by atoms with Crippen LogP contribution in [0.4, 0.5) is 9.93 Å². The quantitative estimate of drug-likeness (QED) is 0.510. The highest BCUT2D eigenvalue weighted by molar-refractivity contribution is 7.14. The van der Waals surface area contributed by atoms with E-state index in [1.54, 1.807) is 12.1 Å². The molecule has 35 heavy (non-hydrogen) atoms. The number of hydrogen-bond acceptors (Lipinski definition) is 6. The van der Waals surface area contributed by atoms with Crippen LogP contribution in [0.2, 0.25) is 0 Å². The lowest BCUT2D eigenvalue weighted by molar-refractivity contribution is -0.120. The Morgan fingerprint density at radius 2 is 1.80 bits per heavy atom. The maximum absolute atomic E-state index is 12.9.